The van der Waals surface area contributed by atoms with E-state index in [4.69, 9.17) is 11.6 Å². The molecule has 144 valence electrons. The van der Waals surface area contributed by atoms with Gasteiger partial charge in [-0.2, -0.15) is 0 Å². The number of carbonyl (C=O) groups is 1. The van der Waals surface area contributed by atoms with Gasteiger partial charge < -0.3 is 14.8 Å². The van der Waals surface area contributed by atoms with Crippen LogP contribution in [0.5, 0.6) is 0 Å². The highest BCUT2D eigenvalue weighted by Crippen LogP contribution is 2.52. The van der Waals surface area contributed by atoms with Crippen LogP contribution in [0.1, 0.15) is 18.4 Å². The predicted molar refractivity (Wildman–Crippen MR) is 109 cm³/mol. The third-order valence-corrected chi connectivity index (χ3v) is 6.31. The lowest BCUT2D eigenvalue weighted by atomic mass is 9.93. The molecule has 1 aliphatic carbocycles. The molecule has 0 bridgehead atoms. The molecule has 28 heavy (non-hydrogen) atoms. The maximum absolute atomic E-state index is 13.4. The fourth-order valence-electron chi connectivity index (χ4n) is 4.33. The van der Waals surface area contributed by atoms with Crippen molar-refractivity contribution >= 4 is 34.1 Å². The Morgan fingerprint density at radius 3 is 2.43 bits per heavy atom. The van der Waals surface area contributed by atoms with E-state index in [-0.39, 0.29) is 11.7 Å². The van der Waals surface area contributed by atoms with Crippen molar-refractivity contribution < 1.29 is 9.18 Å². The molecule has 4 nitrogen and oxygen atoms in total. The number of nitrogens with one attached hydrogen (secondary N) is 1. The van der Waals surface area contributed by atoms with Gasteiger partial charge in [0.15, 0.2) is 0 Å². The number of rotatable bonds is 3. The molecule has 0 spiro atoms. The van der Waals surface area contributed by atoms with Crippen molar-refractivity contribution in [2.24, 2.45) is 0 Å². The minimum Gasteiger partial charge on any atom is -0.368 e. The number of benzene rings is 2. The van der Waals surface area contributed by atoms with Crippen LogP contribution in [0.4, 0.5) is 10.1 Å². The Morgan fingerprint density at radius 1 is 1.04 bits per heavy atom. The average Bonchev–Trinajstić information content (AvgIpc) is 3.41. The van der Waals surface area contributed by atoms with Crippen molar-refractivity contribution in [1.29, 1.82) is 0 Å². The maximum Gasteiger partial charge on any atom is 0.233 e. The normalized spacial score (nSPS) is 18.5. The molecule has 1 saturated heterocycles. The van der Waals surface area contributed by atoms with Gasteiger partial charge in [-0.25, -0.2) is 4.39 Å². The number of anilines is 1. The van der Waals surface area contributed by atoms with Gasteiger partial charge >= 0.3 is 0 Å². The van der Waals surface area contributed by atoms with Crippen LogP contribution in [0.15, 0.2) is 48.7 Å². The predicted octanol–water partition coefficient (Wildman–Crippen LogP) is 4.34. The third-order valence-electron chi connectivity index (χ3n) is 6.08. The monoisotopic (exact) mass is 397 g/mol. The highest BCUT2D eigenvalue weighted by Gasteiger charge is 2.54. The van der Waals surface area contributed by atoms with Crippen molar-refractivity contribution in [2.45, 2.75) is 18.3 Å². The van der Waals surface area contributed by atoms with E-state index in [2.05, 4.69) is 9.88 Å². The second-order valence-electron chi connectivity index (χ2n) is 7.73. The molecule has 1 amide bonds. The van der Waals surface area contributed by atoms with E-state index >= 15 is 0 Å². The molecular formula is C22H21ClFN3O. The molecule has 2 fully saturated rings. The molecule has 0 atom stereocenters. The fourth-order valence-corrected chi connectivity index (χ4v) is 4.51. The minimum atomic E-state index is -0.416. The summed E-state index contributed by atoms with van der Waals surface area (Å²) in [4.78, 5) is 20.9. The Bertz CT molecular complexity index is 1030. The lowest BCUT2D eigenvalue weighted by Crippen LogP contribution is -2.51. The van der Waals surface area contributed by atoms with Gasteiger partial charge in [-0.05, 0) is 60.9 Å². The Kier molecular flexibility index (Phi) is 4.09. The zero-order valence-corrected chi connectivity index (χ0v) is 16.2. The van der Waals surface area contributed by atoms with Gasteiger partial charge in [-0.3, -0.25) is 4.79 Å². The Morgan fingerprint density at radius 2 is 1.75 bits per heavy atom. The van der Waals surface area contributed by atoms with Gasteiger partial charge in [0.2, 0.25) is 5.91 Å². The molecule has 6 heteroatoms. The van der Waals surface area contributed by atoms with Crippen molar-refractivity contribution in [3.8, 4) is 0 Å². The van der Waals surface area contributed by atoms with Gasteiger partial charge in [-0.15, -0.1) is 0 Å². The quantitative estimate of drug-likeness (QED) is 0.714. The highest BCUT2D eigenvalue weighted by atomic mass is 35.5. The minimum absolute atomic E-state index is 0.215. The summed E-state index contributed by atoms with van der Waals surface area (Å²) in [5.74, 6) is -0.0146. The molecule has 3 aromatic rings. The van der Waals surface area contributed by atoms with E-state index in [9.17, 15) is 9.18 Å². The lowest BCUT2D eigenvalue weighted by Gasteiger charge is -2.37. The summed E-state index contributed by atoms with van der Waals surface area (Å²) in [6.45, 7) is 2.88. The zero-order chi connectivity index (χ0) is 19.3. The number of H-pyrrole nitrogens is 1. The first-order chi connectivity index (χ1) is 13.6. The Balaban J connectivity index is 1.34. The first kappa shape index (κ1) is 17.6. The molecule has 5 rings (SSSR count). The number of piperazine rings is 1. The first-order valence-corrected chi connectivity index (χ1v) is 10.0. The zero-order valence-electron chi connectivity index (χ0n) is 15.4. The van der Waals surface area contributed by atoms with Crippen molar-refractivity contribution in [3.05, 3.63) is 65.1 Å². The molecule has 1 saturated carbocycles. The maximum atomic E-state index is 13.4. The number of nitrogens with zero attached hydrogens (tertiary/aromatic N) is 2. The van der Waals surface area contributed by atoms with Crippen molar-refractivity contribution in [3.63, 3.8) is 0 Å². The molecule has 0 radical (unpaired) electrons. The number of aromatic nitrogens is 1. The van der Waals surface area contributed by atoms with Gasteiger partial charge in [0.1, 0.15) is 5.82 Å². The van der Waals surface area contributed by atoms with Crippen LogP contribution in [0.3, 0.4) is 0 Å². The summed E-state index contributed by atoms with van der Waals surface area (Å²) in [5, 5.41) is 1.73. The van der Waals surface area contributed by atoms with Crippen LogP contribution >= 0.6 is 11.6 Å². The third kappa shape index (κ3) is 2.85. The van der Waals surface area contributed by atoms with Crippen LogP contribution < -0.4 is 4.90 Å². The molecular weight excluding hydrogens is 377 g/mol. The summed E-state index contributed by atoms with van der Waals surface area (Å²) in [6, 6.07) is 12.3. The number of hydrogen-bond donors (Lipinski definition) is 1. The number of aromatic amines is 1. The number of hydrogen-bond acceptors (Lipinski definition) is 2. The molecule has 2 aromatic carbocycles. The van der Waals surface area contributed by atoms with Crippen LogP contribution in [-0.2, 0) is 10.2 Å². The summed E-state index contributed by atoms with van der Waals surface area (Å²) in [7, 11) is 0. The van der Waals surface area contributed by atoms with Gasteiger partial charge in [0, 0.05) is 54.0 Å². The van der Waals surface area contributed by atoms with Gasteiger partial charge in [-0.1, -0.05) is 11.6 Å². The smallest absolute Gasteiger partial charge is 0.233 e. The standard InChI is InChI=1S/C22H21ClFN3O/c23-15-1-6-20-18(13-15)19(14-25-20)22(7-8-22)21(28)27-11-9-26(10-12-27)17-4-2-16(24)3-5-17/h1-6,13-14,25H,7-12H2. The molecule has 2 aliphatic rings. The molecule has 2 heterocycles. The molecule has 0 unspecified atom stereocenters. The topological polar surface area (TPSA) is 39.3 Å². The van der Waals surface area contributed by atoms with Gasteiger partial charge in [0.25, 0.3) is 0 Å². The SMILES string of the molecule is O=C(N1CCN(c2ccc(F)cc2)CC1)C1(c2c[nH]c3ccc(Cl)cc23)CC1. The largest absolute Gasteiger partial charge is 0.368 e. The first-order valence-electron chi connectivity index (χ1n) is 9.64. The van der Waals surface area contributed by atoms with Crippen molar-refractivity contribution in [2.75, 3.05) is 31.1 Å². The second-order valence-corrected chi connectivity index (χ2v) is 8.17. The molecule has 1 aliphatic heterocycles. The van der Waals surface area contributed by atoms with Gasteiger partial charge in [0.05, 0.1) is 5.41 Å². The van der Waals surface area contributed by atoms with Crippen LogP contribution in [-0.4, -0.2) is 42.0 Å². The van der Waals surface area contributed by atoms with E-state index in [0.29, 0.717) is 18.1 Å². The Hall–Kier alpha value is -2.53. The number of halogens is 2. The van der Waals surface area contributed by atoms with E-state index in [0.717, 1.165) is 48.1 Å². The summed E-state index contributed by atoms with van der Waals surface area (Å²) in [6.07, 6.45) is 3.73. The van der Waals surface area contributed by atoms with E-state index in [1.807, 2.05) is 29.3 Å². The average molecular weight is 398 g/mol. The van der Waals surface area contributed by atoms with Crippen molar-refractivity contribution in [1.82, 2.24) is 9.88 Å². The van der Waals surface area contributed by atoms with E-state index in [1.165, 1.54) is 12.1 Å². The number of fused-ring (bicyclic) bond motifs is 1. The molecule has 1 aromatic heterocycles. The second kappa shape index (κ2) is 6.52. The summed E-state index contributed by atoms with van der Waals surface area (Å²) in [5.41, 5.74) is 2.66. The lowest BCUT2D eigenvalue weighted by molar-refractivity contribution is -0.134. The number of amides is 1. The van der Waals surface area contributed by atoms with E-state index in [1.54, 1.807) is 12.1 Å². The fraction of sp³-hybridized carbons (Fsp3) is 0.318. The summed E-state index contributed by atoms with van der Waals surface area (Å²) < 4.78 is 13.1. The number of carbonyl (C=O) groups excluding carboxylic acids is 1. The van der Waals surface area contributed by atoms with Crippen LogP contribution in [0.2, 0.25) is 5.02 Å². The van der Waals surface area contributed by atoms with Crippen LogP contribution in [0.25, 0.3) is 10.9 Å². The van der Waals surface area contributed by atoms with Crippen LogP contribution in [0, 0.1) is 5.82 Å². The Labute approximate surface area is 167 Å². The molecule has 1 N–H and O–H groups in total. The summed E-state index contributed by atoms with van der Waals surface area (Å²) >= 11 is 6.19. The highest BCUT2D eigenvalue weighted by molar-refractivity contribution is 6.31. The van der Waals surface area contributed by atoms with E-state index < -0.39 is 5.41 Å².